The minimum absolute atomic E-state index is 0. The average Bonchev–Trinajstić information content (AvgIpc) is 3.55. The van der Waals surface area contributed by atoms with Crippen molar-refractivity contribution in [3.63, 3.8) is 0 Å². The van der Waals surface area contributed by atoms with Crippen molar-refractivity contribution in [2.45, 2.75) is 52.7 Å². The van der Waals surface area contributed by atoms with E-state index in [1.54, 1.807) is 119 Å². The number of rotatable bonds is 12. The van der Waals surface area contributed by atoms with Gasteiger partial charge < -0.3 is 35.7 Å². The molecule has 0 aliphatic carbocycles. The summed E-state index contributed by atoms with van der Waals surface area (Å²) in [5, 5.41) is 17.1. The van der Waals surface area contributed by atoms with Gasteiger partial charge in [-0.2, -0.15) is 0 Å². The number of nitrogens with one attached hydrogen (secondary N) is 2. The van der Waals surface area contributed by atoms with E-state index < -0.39 is 40.9 Å². The first-order valence-corrected chi connectivity index (χ1v) is 26.4. The number of carbonyl (C=O) groups excluding carboxylic acids is 5. The fourth-order valence-electron chi connectivity index (χ4n) is 8.15. The van der Waals surface area contributed by atoms with Crippen LogP contribution >= 0.6 is 0 Å². The average molecular weight is 1140 g/mol. The molecule has 18 heteroatoms. The molecule has 6 aromatic carbocycles. The number of aromatic carboxylic acids is 1. The Morgan fingerprint density at radius 1 is 0.412 bits per heavy atom. The monoisotopic (exact) mass is 1140 g/mol. The van der Waals surface area contributed by atoms with Crippen LogP contribution in [-0.2, 0) is 9.47 Å². The Labute approximate surface area is 514 Å². The molecule has 85 heavy (non-hydrogen) atoms. The molecule has 0 saturated heterocycles. The van der Waals surface area contributed by atoms with E-state index in [0.29, 0.717) is 45.3 Å². The van der Waals surface area contributed by atoms with E-state index in [1.807, 2.05) is 124 Å². The van der Waals surface area contributed by atoms with Crippen LogP contribution in [0.1, 0.15) is 93.3 Å². The van der Waals surface area contributed by atoms with Crippen LogP contribution in [0.25, 0.3) is 56.2 Å². The van der Waals surface area contributed by atoms with Crippen molar-refractivity contribution in [1.82, 2.24) is 29.9 Å². The SMILES string of the molecule is CC(C)(C)OC(=O)c1ccc(-c2ccccc2)cc1N.CC(C)(C)OC(=O)c1ccc(-c2ccccc2)cc1NC(=O)c1cncc(-c2ncccn2)c1.O=C(Nc1cc(-c2ccccc2)ccc1C(=O)[O-])c1cncc(-c2ncccn2)c1.[Na+]. The van der Waals surface area contributed by atoms with Gasteiger partial charge in [-0.05, 0) is 130 Å². The summed E-state index contributed by atoms with van der Waals surface area (Å²) in [6, 6.07) is 51.0. The number of hydrogen-bond acceptors (Lipinski definition) is 15. The van der Waals surface area contributed by atoms with Gasteiger partial charge in [-0.25, -0.2) is 29.5 Å². The molecule has 0 aliphatic rings. The molecule has 0 radical (unpaired) electrons. The Morgan fingerprint density at radius 3 is 1.14 bits per heavy atom. The number of aromatic nitrogens is 6. The molecule has 4 N–H and O–H groups in total. The number of benzene rings is 6. The first kappa shape index (κ1) is 62.5. The van der Waals surface area contributed by atoms with Crippen LogP contribution < -0.4 is 51.0 Å². The topological polar surface area (TPSA) is 254 Å². The van der Waals surface area contributed by atoms with E-state index in [-0.39, 0.29) is 51.9 Å². The van der Waals surface area contributed by atoms with E-state index >= 15 is 0 Å². The molecule has 4 aromatic heterocycles. The molecule has 17 nitrogen and oxygen atoms in total. The summed E-state index contributed by atoms with van der Waals surface area (Å²) < 4.78 is 10.9. The predicted octanol–water partition coefficient (Wildman–Crippen LogP) is 9.13. The summed E-state index contributed by atoms with van der Waals surface area (Å²) in [6.45, 7) is 10.9. The van der Waals surface area contributed by atoms with E-state index in [1.165, 1.54) is 18.5 Å². The molecule has 4 heterocycles. The zero-order valence-corrected chi connectivity index (χ0v) is 49.8. The number of esters is 2. The second-order valence-electron chi connectivity index (χ2n) is 20.7. The number of nitrogens with two attached hydrogens (primary N) is 1. The molecule has 0 unspecified atom stereocenters. The standard InChI is InChI=1S/C27H24N4O3.C23H16N4O3.C17H19NO2.Na/c1-27(2,3)34-26(33)22-11-10-19(18-8-5-4-6-9-18)15-23(22)31-25(32)21-14-20(16-28-17-21)24-29-12-7-13-30-24;28-22(18-11-17(13-24-14-18)21-25-9-4-10-26-21)27-20-12-16(7-8-19(20)23(29)30)15-5-2-1-3-6-15;1-17(2,3)20-16(19)14-10-9-13(11-15(14)18)12-7-5-4-6-8-12;/h4-17H,1-3H3,(H,31,32);1-14H,(H,27,28)(H,29,30);4-11H,18H2,1-3H3;/q;;;+1/p-1. The van der Waals surface area contributed by atoms with Gasteiger partial charge in [0.25, 0.3) is 11.8 Å². The first-order chi connectivity index (χ1) is 40.3. The van der Waals surface area contributed by atoms with Crippen molar-refractivity contribution in [3.05, 3.63) is 247 Å². The van der Waals surface area contributed by atoms with Crippen LogP contribution in [-0.4, -0.2) is 70.8 Å². The zero-order chi connectivity index (χ0) is 59.8. The maximum absolute atomic E-state index is 13.2. The number of nitrogen functional groups attached to an aromatic ring is 1. The Balaban J connectivity index is 0.000000188. The summed E-state index contributed by atoms with van der Waals surface area (Å²) >= 11 is 0. The molecular formula is C67H58N9NaO8. The first-order valence-electron chi connectivity index (χ1n) is 26.4. The van der Waals surface area contributed by atoms with E-state index in [2.05, 4.69) is 40.5 Å². The van der Waals surface area contributed by atoms with Gasteiger partial charge in [-0.3, -0.25) is 19.6 Å². The molecule has 10 rings (SSSR count). The van der Waals surface area contributed by atoms with Gasteiger partial charge >= 0.3 is 41.5 Å². The molecule has 0 saturated carbocycles. The molecule has 10 aromatic rings. The number of carboxylic acids is 1. The van der Waals surface area contributed by atoms with Crippen LogP contribution in [0.3, 0.4) is 0 Å². The van der Waals surface area contributed by atoms with E-state index in [9.17, 15) is 29.1 Å². The van der Waals surface area contributed by atoms with Gasteiger partial charge in [-0.1, -0.05) is 115 Å². The molecule has 0 spiro atoms. The van der Waals surface area contributed by atoms with Crippen LogP contribution in [0.2, 0.25) is 0 Å². The van der Waals surface area contributed by atoms with Crippen LogP contribution in [0.4, 0.5) is 17.1 Å². The van der Waals surface area contributed by atoms with Crippen molar-refractivity contribution >= 4 is 46.8 Å². The normalized spacial score (nSPS) is 10.7. The Kier molecular flexibility index (Phi) is 21.2. The Morgan fingerprint density at radius 2 is 0.765 bits per heavy atom. The maximum atomic E-state index is 13.2. The number of carbonyl (C=O) groups is 5. The third-order valence-corrected chi connectivity index (χ3v) is 12.0. The van der Waals surface area contributed by atoms with Crippen molar-refractivity contribution in [1.29, 1.82) is 0 Å². The van der Waals surface area contributed by atoms with E-state index in [0.717, 1.165) is 33.4 Å². The predicted molar refractivity (Wildman–Crippen MR) is 321 cm³/mol. The van der Waals surface area contributed by atoms with Crippen molar-refractivity contribution in [2.24, 2.45) is 0 Å². The van der Waals surface area contributed by atoms with Gasteiger partial charge in [0, 0.05) is 72.0 Å². The maximum Gasteiger partial charge on any atom is 1.00 e. The van der Waals surface area contributed by atoms with Crippen LogP contribution in [0.5, 0.6) is 0 Å². The van der Waals surface area contributed by atoms with Gasteiger partial charge in [0.15, 0.2) is 11.6 Å². The fourth-order valence-corrected chi connectivity index (χ4v) is 8.15. The largest absolute Gasteiger partial charge is 1.00 e. The van der Waals surface area contributed by atoms with Gasteiger partial charge in [0.1, 0.15) is 11.2 Å². The van der Waals surface area contributed by atoms with Gasteiger partial charge in [0.2, 0.25) is 0 Å². The number of hydrogen-bond donors (Lipinski definition) is 3. The smallest absolute Gasteiger partial charge is 0.545 e. The number of anilines is 3. The fraction of sp³-hybridized carbons (Fsp3) is 0.119. The van der Waals surface area contributed by atoms with Crippen LogP contribution in [0.15, 0.2) is 219 Å². The number of carboxylic acid groups (broad SMARTS) is 1. The molecular weight excluding hydrogens is 1080 g/mol. The third kappa shape index (κ3) is 17.7. The Hall–Kier alpha value is -10.1. The molecule has 0 bridgehead atoms. The van der Waals surface area contributed by atoms with Crippen molar-refractivity contribution in [3.8, 4) is 56.2 Å². The molecule has 2 amide bonds. The minimum Gasteiger partial charge on any atom is -0.545 e. The van der Waals surface area contributed by atoms with Crippen molar-refractivity contribution in [2.75, 3.05) is 16.4 Å². The van der Waals surface area contributed by atoms with Crippen molar-refractivity contribution < 1.29 is 68.1 Å². The summed E-state index contributed by atoms with van der Waals surface area (Å²) in [7, 11) is 0. The molecule has 0 fully saturated rings. The number of pyridine rings is 2. The summed E-state index contributed by atoms with van der Waals surface area (Å²) in [6.07, 6.45) is 12.4. The zero-order valence-electron chi connectivity index (χ0n) is 47.8. The summed E-state index contributed by atoms with van der Waals surface area (Å²) in [5.41, 5.74) is 13.5. The molecule has 420 valence electrons. The second kappa shape index (κ2) is 28.8. The number of amides is 2. The molecule has 0 aliphatic heterocycles. The second-order valence-corrected chi connectivity index (χ2v) is 20.7. The van der Waals surface area contributed by atoms with Gasteiger partial charge in [0.05, 0.1) is 39.6 Å². The Bertz CT molecular complexity index is 3940. The van der Waals surface area contributed by atoms with Gasteiger partial charge in [-0.15, -0.1) is 0 Å². The third-order valence-electron chi connectivity index (χ3n) is 12.0. The molecule has 0 atom stereocenters. The summed E-state index contributed by atoms with van der Waals surface area (Å²) in [4.78, 5) is 87.4. The number of ether oxygens (including phenoxy) is 2. The minimum atomic E-state index is -1.38. The number of nitrogens with zero attached hydrogens (tertiary/aromatic N) is 6. The quantitative estimate of drug-likeness (QED) is 0.0586. The summed E-state index contributed by atoms with van der Waals surface area (Å²) in [5.74, 6) is -2.32. The van der Waals surface area contributed by atoms with Crippen LogP contribution in [0, 0.1) is 0 Å². The van der Waals surface area contributed by atoms with E-state index in [4.69, 9.17) is 15.2 Å².